The van der Waals surface area contributed by atoms with Gasteiger partial charge in [0.05, 0.1) is 0 Å². The lowest BCUT2D eigenvalue weighted by molar-refractivity contribution is -0.131. The summed E-state index contributed by atoms with van der Waals surface area (Å²) < 4.78 is 13.1. The third-order valence-corrected chi connectivity index (χ3v) is 5.83. The number of urea groups is 1. The van der Waals surface area contributed by atoms with Crippen LogP contribution in [0.3, 0.4) is 0 Å². The molecular weight excluding hydrogens is 383 g/mol. The number of anilines is 1. The predicted molar refractivity (Wildman–Crippen MR) is 114 cm³/mol. The van der Waals surface area contributed by atoms with Gasteiger partial charge in [0.2, 0.25) is 5.91 Å². The minimum absolute atomic E-state index is 0.00413. The fourth-order valence-electron chi connectivity index (χ4n) is 3.97. The molecule has 2 saturated heterocycles. The van der Waals surface area contributed by atoms with Crippen LogP contribution in [0, 0.1) is 12.7 Å². The minimum atomic E-state index is -0.291. The molecule has 2 fully saturated rings. The van der Waals surface area contributed by atoms with E-state index >= 15 is 0 Å². The minimum Gasteiger partial charge on any atom is -0.368 e. The van der Waals surface area contributed by atoms with Crippen molar-refractivity contribution in [2.24, 2.45) is 0 Å². The Morgan fingerprint density at radius 3 is 2.17 bits per heavy atom. The molecule has 0 radical (unpaired) electrons. The van der Waals surface area contributed by atoms with Gasteiger partial charge in [-0.25, -0.2) is 9.18 Å². The van der Waals surface area contributed by atoms with Crippen LogP contribution in [0.2, 0.25) is 0 Å². The van der Waals surface area contributed by atoms with Crippen molar-refractivity contribution in [2.75, 3.05) is 50.7 Å². The molecule has 0 unspecified atom stereocenters. The summed E-state index contributed by atoms with van der Waals surface area (Å²) in [6.07, 6.45) is 0. The number of hydrogen-bond acceptors (Lipinski definition) is 3. The lowest BCUT2D eigenvalue weighted by Crippen LogP contribution is -2.51. The number of aryl methyl sites for hydroxylation is 1. The number of rotatable bonds is 5. The summed E-state index contributed by atoms with van der Waals surface area (Å²) in [4.78, 5) is 32.8. The van der Waals surface area contributed by atoms with E-state index in [0.717, 1.165) is 18.7 Å². The number of amides is 3. The number of carbonyl (C=O) groups is 2. The van der Waals surface area contributed by atoms with Crippen LogP contribution in [0.25, 0.3) is 0 Å². The van der Waals surface area contributed by atoms with Crippen LogP contribution in [0.5, 0.6) is 0 Å². The van der Waals surface area contributed by atoms with E-state index in [4.69, 9.17) is 0 Å². The molecule has 0 N–H and O–H groups in total. The van der Waals surface area contributed by atoms with Gasteiger partial charge in [-0.15, -0.1) is 0 Å². The summed E-state index contributed by atoms with van der Waals surface area (Å²) in [6.45, 7) is 6.63. The highest BCUT2D eigenvalue weighted by Gasteiger charge is 2.31. The first-order valence-electron chi connectivity index (χ1n) is 10.4. The van der Waals surface area contributed by atoms with Gasteiger partial charge in [-0.1, -0.05) is 29.8 Å². The third kappa shape index (κ3) is 4.56. The maximum atomic E-state index is 13.1. The second-order valence-electron chi connectivity index (χ2n) is 7.96. The van der Waals surface area contributed by atoms with Gasteiger partial charge in [-0.2, -0.15) is 0 Å². The molecule has 6 nitrogen and oxygen atoms in total. The number of halogens is 1. The fourth-order valence-corrected chi connectivity index (χ4v) is 3.97. The molecule has 158 valence electrons. The molecule has 4 rings (SSSR count). The van der Waals surface area contributed by atoms with Gasteiger partial charge in [0.15, 0.2) is 0 Å². The van der Waals surface area contributed by atoms with Gasteiger partial charge in [-0.05, 0) is 36.8 Å². The highest BCUT2D eigenvalue weighted by Crippen LogP contribution is 2.18. The Morgan fingerprint density at radius 2 is 1.50 bits per heavy atom. The Kier molecular flexibility index (Phi) is 5.88. The molecule has 2 aliphatic heterocycles. The predicted octanol–water partition coefficient (Wildman–Crippen LogP) is 2.72. The first-order valence-corrected chi connectivity index (χ1v) is 10.4. The standard InChI is InChI=1S/C23H27FN4O2/c1-18-2-8-21(9-3-18)25-10-12-26(13-11-25)22(29)17-28-15-14-27(23(28)30)16-19-4-6-20(24)7-5-19/h2-9H,10-17H2,1H3. The molecule has 0 atom stereocenters. The van der Waals surface area contributed by atoms with Gasteiger partial charge >= 0.3 is 6.03 Å². The fraction of sp³-hybridized carbons (Fsp3) is 0.391. The zero-order chi connectivity index (χ0) is 21.1. The molecule has 0 saturated carbocycles. The average Bonchev–Trinajstić information content (AvgIpc) is 3.09. The highest BCUT2D eigenvalue weighted by molar-refractivity contribution is 5.85. The molecule has 2 aliphatic rings. The molecule has 2 aromatic rings. The van der Waals surface area contributed by atoms with Crippen molar-refractivity contribution in [3.8, 4) is 0 Å². The van der Waals surface area contributed by atoms with Gasteiger partial charge in [0.1, 0.15) is 12.4 Å². The molecule has 2 aromatic carbocycles. The summed E-state index contributed by atoms with van der Waals surface area (Å²) in [5.74, 6) is -0.295. The second kappa shape index (κ2) is 8.73. The SMILES string of the molecule is Cc1ccc(N2CCN(C(=O)CN3CCN(Cc4ccc(F)cc4)C3=O)CC2)cc1. The first-order chi connectivity index (χ1) is 14.5. The van der Waals surface area contributed by atoms with Crippen LogP contribution >= 0.6 is 0 Å². The monoisotopic (exact) mass is 410 g/mol. The van der Waals surface area contributed by atoms with E-state index in [0.29, 0.717) is 32.7 Å². The summed E-state index contributed by atoms with van der Waals surface area (Å²) in [5.41, 5.74) is 3.29. The number of piperazine rings is 1. The van der Waals surface area contributed by atoms with Crippen molar-refractivity contribution in [1.29, 1.82) is 0 Å². The number of benzene rings is 2. The van der Waals surface area contributed by atoms with E-state index in [2.05, 4.69) is 36.1 Å². The third-order valence-electron chi connectivity index (χ3n) is 5.83. The Labute approximate surface area is 176 Å². The topological polar surface area (TPSA) is 47.1 Å². The molecule has 2 heterocycles. The van der Waals surface area contributed by atoms with Crippen molar-refractivity contribution in [2.45, 2.75) is 13.5 Å². The molecule has 30 heavy (non-hydrogen) atoms. The second-order valence-corrected chi connectivity index (χ2v) is 7.96. The highest BCUT2D eigenvalue weighted by atomic mass is 19.1. The van der Waals surface area contributed by atoms with Gasteiger partial charge < -0.3 is 19.6 Å². The lowest BCUT2D eigenvalue weighted by atomic mass is 10.2. The Morgan fingerprint density at radius 1 is 0.867 bits per heavy atom. The van der Waals surface area contributed by atoms with Gasteiger partial charge in [0.25, 0.3) is 0 Å². The van der Waals surface area contributed by atoms with Gasteiger partial charge in [-0.3, -0.25) is 4.79 Å². The van der Waals surface area contributed by atoms with Crippen molar-refractivity contribution in [3.05, 3.63) is 65.5 Å². The molecule has 0 spiro atoms. The molecule has 0 aliphatic carbocycles. The number of nitrogens with zero attached hydrogens (tertiary/aromatic N) is 4. The van der Waals surface area contributed by atoms with Gasteiger partial charge in [0, 0.05) is 51.5 Å². The van der Waals surface area contributed by atoms with Crippen molar-refractivity contribution in [1.82, 2.24) is 14.7 Å². The van der Waals surface area contributed by atoms with Crippen LogP contribution in [-0.4, -0.2) is 72.5 Å². The largest absolute Gasteiger partial charge is 0.368 e. The van der Waals surface area contributed by atoms with E-state index in [1.807, 2.05) is 4.90 Å². The van der Waals surface area contributed by atoms with Crippen LogP contribution in [0.4, 0.5) is 14.9 Å². The van der Waals surface area contributed by atoms with Crippen molar-refractivity contribution < 1.29 is 14.0 Å². The summed E-state index contributed by atoms with van der Waals surface area (Å²) in [7, 11) is 0. The Bertz CT molecular complexity index is 892. The maximum absolute atomic E-state index is 13.1. The Hall–Kier alpha value is -3.09. The van der Waals surface area contributed by atoms with Crippen LogP contribution < -0.4 is 4.90 Å². The van der Waals surface area contributed by atoms with Crippen molar-refractivity contribution in [3.63, 3.8) is 0 Å². The average molecular weight is 410 g/mol. The zero-order valence-electron chi connectivity index (χ0n) is 17.3. The van der Waals surface area contributed by atoms with E-state index in [1.165, 1.54) is 23.4 Å². The van der Waals surface area contributed by atoms with E-state index in [1.54, 1.807) is 21.9 Å². The molecule has 0 aromatic heterocycles. The first kappa shape index (κ1) is 20.2. The summed E-state index contributed by atoms with van der Waals surface area (Å²) in [5, 5.41) is 0. The van der Waals surface area contributed by atoms with E-state index in [-0.39, 0.29) is 24.3 Å². The quantitative estimate of drug-likeness (QED) is 0.762. The normalized spacial score (nSPS) is 17.1. The van der Waals surface area contributed by atoms with E-state index < -0.39 is 0 Å². The smallest absolute Gasteiger partial charge is 0.320 e. The summed E-state index contributed by atoms with van der Waals surface area (Å²) in [6, 6.07) is 14.5. The number of carbonyl (C=O) groups excluding carboxylic acids is 2. The molecule has 3 amide bonds. The van der Waals surface area contributed by atoms with Crippen molar-refractivity contribution >= 4 is 17.6 Å². The maximum Gasteiger partial charge on any atom is 0.320 e. The molecule has 0 bridgehead atoms. The van der Waals surface area contributed by atoms with Crippen LogP contribution in [0.1, 0.15) is 11.1 Å². The zero-order valence-corrected chi connectivity index (χ0v) is 17.3. The van der Waals surface area contributed by atoms with Crippen LogP contribution in [0.15, 0.2) is 48.5 Å². The Balaban J connectivity index is 1.26. The van der Waals surface area contributed by atoms with Crippen LogP contribution in [-0.2, 0) is 11.3 Å². The van der Waals surface area contributed by atoms with E-state index in [9.17, 15) is 14.0 Å². The lowest BCUT2D eigenvalue weighted by Gasteiger charge is -2.36. The molecule has 7 heteroatoms. The number of hydrogen-bond donors (Lipinski definition) is 0. The summed E-state index contributed by atoms with van der Waals surface area (Å²) >= 11 is 0. The molecular formula is C23H27FN4O2.